The van der Waals surface area contributed by atoms with Gasteiger partial charge in [-0.15, -0.1) is 0 Å². The number of piperazine rings is 1. The van der Waals surface area contributed by atoms with E-state index < -0.39 is 0 Å². The molecule has 0 bridgehead atoms. The molecule has 174 valence electrons. The molecule has 3 aromatic rings. The molecule has 1 aliphatic heterocycles. The van der Waals surface area contributed by atoms with Crippen LogP contribution in [0, 0.1) is 5.82 Å². The summed E-state index contributed by atoms with van der Waals surface area (Å²) >= 11 is 0. The fraction of sp³-hybridized carbons (Fsp3) is 0.375. The van der Waals surface area contributed by atoms with Crippen LogP contribution in [0.1, 0.15) is 24.3 Å². The maximum absolute atomic E-state index is 14.9. The lowest BCUT2D eigenvalue weighted by molar-refractivity contribution is 0.0821. The SMILES string of the molecule is C=Cn1c(C(=O)N(C)C)cc2cnc(Nc3ccc(N4CCN(C(C)C)CC4)c(F)c3)nc21. The van der Waals surface area contributed by atoms with E-state index in [2.05, 4.69) is 45.5 Å². The molecule has 0 saturated carbocycles. The number of nitrogens with zero attached hydrogens (tertiary/aromatic N) is 6. The smallest absolute Gasteiger partial charge is 0.270 e. The second-order valence-electron chi connectivity index (χ2n) is 8.66. The van der Waals surface area contributed by atoms with Crippen LogP contribution in [0.5, 0.6) is 0 Å². The van der Waals surface area contributed by atoms with Crippen LogP contribution in [0.4, 0.5) is 21.7 Å². The number of carbonyl (C=O) groups is 1. The first-order valence-corrected chi connectivity index (χ1v) is 11.1. The van der Waals surface area contributed by atoms with E-state index in [-0.39, 0.29) is 11.7 Å². The van der Waals surface area contributed by atoms with Gasteiger partial charge < -0.3 is 15.1 Å². The average molecular weight is 452 g/mol. The van der Waals surface area contributed by atoms with Crippen LogP contribution < -0.4 is 10.2 Å². The summed E-state index contributed by atoms with van der Waals surface area (Å²) in [5.41, 5.74) is 2.16. The van der Waals surface area contributed by atoms with Crippen molar-refractivity contribution in [3.63, 3.8) is 0 Å². The van der Waals surface area contributed by atoms with E-state index >= 15 is 0 Å². The van der Waals surface area contributed by atoms with E-state index in [0.29, 0.717) is 40.1 Å². The zero-order valence-corrected chi connectivity index (χ0v) is 19.5. The van der Waals surface area contributed by atoms with E-state index in [4.69, 9.17) is 0 Å². The van der Waals surface area contributed by atoms with Gasteiger partial charge in [0.15, 0.2) is 0 Å². The monoisotopic (exact) mass is 451 g/mol. The first kappa shape index (κ1) is 22.7. The van der Waals surface area contributed by atoms with Gasteiger partial charge in [0.1, 0.15) is 17.2 Å². The third-order valence-corrected chi connectivity index (χ3v) is 5.97. The molecule has 3 heterocycles. The molecule has 8 nitrogen and oxygen atoms in total. The molecule has 0 aliphatic carbocycles. The average Bonchev–Trinajstić information content (AvgIpc) is 3.16. The maximum atomic E-state index is 14.9. The van der Waals surface area contributed by atoms with Crippen LogP contribution >= 0.6 is 0 Å². The second-order valence-corrected chi connectivity index (χ2v) is 8.66. The van der Waals surface area contributed by atoms with Crippen molar-refractivity contribution >= 4 is 40.5 Å². The molecular formula is C24H30FN7O. The van der Waals surface area contributed by atoms with Gasteiger partial charge in [-0.1, -0.05) is 6.58 Å². The third-order valence-electron chi connectivity index (χ3n) is 5.97. The summed E-state index contributed by atoms with van der Waals surface area (Å²) in [6, 6.07) is 7.32. The van der Waals surface area contributed by atoms with Gasteiger partial charge in [0.25, 0.3) is 5.91 Å². The Kier molecular flexibility index (Phi) is 6.33. The molecule has 0 spiro atoms. The van der Waals surface area contributed by atoms with Crippen molar-refractivity contribution in [3.8, 4) is 0 Å². The van der Waals surface area contributed by atoms with Gasteiger partial charge in [0.05, 0.1) is 5.69 Å². The lowest BCUT2D eigenvalue weighted by atomic mass is 10.2. The molecule has 1 saturated heterocycles. The van der Waals surface area contributed by atoms with Crippen LogP contribution in [-0.2, 0) is 0 Å². The van der Waals surface area contributed by atoms with Crippen molar-refractivity contribution in [1.82, 2.24) is 24.3 Å². The van der Waals surface area contributed by atoms with E-state index in [1.165, 1.54) is 11.0 Å². The summed E-state index contributed by atoms with van der Waals surface area (Å²) in [5, 5.41) is 3.79. The summed E-state index contributed by atoms with van der Waals surface area (Å²) in [4.78, 5) is 27.3. The van der Waals surface area contributed by atoms with Gasteiger partial charge in [0.2, 0.25) is 5.95 Å². The highest BCUT2D eigenvalue weighted by Crippen LogP contribution is 2.26. The van der Waals surface area contributed by atoms with Gasteiger partial charge >= 0.3 is 0 Å². The fourth-order valence-electron chi connectivity index (χ4n) is 4.10. The van der Waals surface area contributed by atoms with Gasteiger partial charge in [-0.2, -0.15) is 4.98 Å². The number of carbonyl (C=O) groups excluding carboxylic acids is 1. The topological polar surface area (TPSA) is 69.5 Å². The molecule has 0 radical (unpaired) electrons. The van der Waals surface area contributed by atoms with Crippen molar-refractivity contribution < 1.29 is 9.18 Å². The first-order chi connectivity index (χ1) is 15.8. The van der Waals surface area contributed by atoms with Gasteiger partial charge in [-0.3, -0.25) is 14.3 Å². The van der Waals surface area contributed by atoms with Crippen LogP contribution in [0.3, 0.4) is 0 Å². The van der Waals surface area contributed by atoms with Crippen molar-refractivity contribution in [1.29, 1.82) is 0 Å². The fourth-order valence-corrected chi connectivity index (χ4v) is 4.10. The standard InChI is InChI=1S/C24H30FN7O/c1-6-32-21(23(33)29(4)5)13-17-15-26-24(28-22(17)32)27-18-7-8-20(19(25)14-18)31-11-9-30(10-12-31)16(2)3/h6-8,13-16H,1,9-12H2,2-5H3,(H,26,27,28). The number of benzene rings is 1. The molecule has 1 fully saturated rings. The minimum absolute atomic E-state index is 0.158. The third kappa shape index (κ3) is 4.54. The number of anilines is 3. The molecule has 4 rings (SSSR count). The predicted molar refractivity (Wildman–Crippen MR) is 131 cm³/mol. The van der Waals surface area contributed by atoms with Crippen molar-refractivity contribution in [3.05, 3.63) is 48.6 Å². The highest BCUT2D eigenvalue weighted by atomic mass is 19.1. The molecule has 2 aromatic heterocycles. The quantitative estimate of drug-likeness (QED) is 0.617. The Morgan fingerprint density at radius 3 is 2.55 bits per heavy atom. The number of halogens is 1. The number of hydrogen-bond donors (Lipinski definition) is 1. The molecule has 1 aromatic carbocycles. The molecule has 33 heavy (non-hydrogen) atoms. The Balaban J connectivity index is 1.54. The number of fused-ring (bicyclic) bond motifs is 1. The lowest BCUT2D eigenvalue weighted by Gasteiger charge is -2.38. The van der Waals surface area contributed by atoms with Crippen molar-refractivity contribution in [2.45, 2.75) is 19.9 Å². The largest absolute Gasteiger partial charge is 0.367 e. The van der Waals surface area contributed by atoms with E-state index in [1.807, 2.05) is 6.07 Å². The van der Waals surface area contributed by atoms with Crippen molar-refractivity contribution in [2.75, 3.05) is 50.5 Å². The van der Waals surface area contributed by atoms with E-state index in [0.717, 1.165) is 26.2 Å². The van der Waals surface area contributed by atoms with E-state index in [9.17, 15) is 9.18 Å². The Labute approximate surface area is 193 Å². The lowest BCUT2D eigenvalue weighted by Crippen LogP contribution is -2.49. The zero-order chi connectivity index (χ0) is 23.7. The number of aromatic nitrogens is 3. The number of nitrogens with one attached hydrogen (secondary N) is 1. The molecule has 1 N–H and O–H groups in total. The van der Waals surface area contributed by atoms with Gasteiger partial charge in [0, 0.05) is 69.8 Å². The van der Waals surface area contributed by atoms with Gasteiger partial charge in [-0.25, -0.2) is 9.37 Å². The summed E-state index contributed by atoms with van der Waals surface area (Å²) in [7, 11) is 3.38. The summed E-state index contributed by atoms with van der Waals surface area (Å²) < 4.78 is 16.6. The Morgan fingerprint density at radius 1 is 1.21 bits per heavy atom. The normalized spacial score (nSPS) is 14.7. The molecule has 0 atom stereocenters. The van der Waals surface area contributed by atoms with E-state index in [1.54, 1.807) is 43.2 Å². The van der Waals surface area contributed by atoms with Crippen LogP contribution in [0.15, 0.2) is 37.0 Å². The maximum Gasteiger partial charge on any atom is 0.270 e. The zero-order valence-electron chi connectivity index (χ0n) is 19.5. The highest BCUT2D eigenvalue weighted by molar-refractivity contribution is 5.98. The Hall–Kier alpha value is -3.46. The number of rotatable bonds is 6. The molecule has 0 unspecified atom stereocenters. The van der Waals surface area contributed by atoms with Crippen LogP contribution in [0.2, 0.25) is 0 Å². The summed E-state index contributed by atoms with van der Waals surface area (Å²) in [6.45, 7) is 11.6. The van der Waals surface area contributed by atoms with Gasteiger partial charge in [-0.05, 0) is 38.1 Å². The molecule has 9 heteroatoms. The Morgan fingerprint density at radius 2 is 1.94 bits per heavy atom. The second kappa shape index (κ2) is 9.19. The Bertz CT molecular complexity index is 1180. The predicted octanol–water partition coefficient (Wildman–Crippen LogP) is 3.65. The molecular weight excluding hydrogens is 421 g/mol. The minimum atomic E-state index is -0.285. The molecule has 1 aliphatic rings. The number of amides is 1. The summed E-state index contributed by atoms with van der Waals surface area (Å²) in [5.74, 6) is -0.132. The first-order valence-electron chi connectivity index (χ1n) is 11.1. The summed E-state index contributed by atoms with van der Waals surface area (Å²) in [6.07, 6.45) is 3.18. The van der Waals surface area contributed by atoms with Crippen molar-refractivity contribution in [2.24, 2.45) is 0 Å². The molecule has 1 amide bonds. The highest BCUT2D eigenvalue weighted by Gasteiger charge is 2.21. The number of hydrogen-bond acceptors (Lipinski definition) is 6. The minimum Gasteiger partial charge on any atom is -0.367 e. The van der Waals surface area contributed by atoms with Crippen LogP contribution in [0.25, 0.3) is 17.2 Å². The van der Waals surface area contributed by atoms with Crippen LogP contribution in [-0.4, -0.2) is 76.6 Å².